The summed E-state index contributed by atoms with van der Waals surface area (Å²) in [6.45, 7) is 16.5. The SMILES string of the molecule is C[C@@H](NC(=O)OC(C)(C)C)C(=O)NC1CCN(c2ncc(B3OC(C)(C)C(C)(C)O3)cn2)CC1. The summed E-state index contributed by atoms with van der Waals surface area (Å²) in [7, 11) is -0.490. The number of piperidine rings is 1. The van der Waals surface area contributed by atoms with Crippen LogP contribution in [0.25, 0.3) is 0 Å². The van der Waals surface area contributed by atoms with Gasteiger partial charge in [-0.3, -0.25) is 4.79 Å². The highest BCUT2D eigenvalue weighted by atomic mass is 16.7. The first kappa shape index (κ1) is 26.2. The molecular formula is C23H38BN5O5. The molecule has 11 heteroatoms. The molecule has 1 atom stereocenters. The van der Waals surface area contributed by atoms with Crippen molar-refractivity contribution in [2.45, 2.75) is 97.1 Å². The topological polar surface area (TPSA) is 115 Å². The highest BCUT2D eigenvalue weighted by Crippen LogP contribution is 2.36. The molecule has 2 fully saturated rings. The molecule has 3 heterocycles. The zero-order chi connectivity index (χ0) is 25.3. The van der Waals surface area contributed by atoms with Crippen molar-refractivity contribution in [2.75, 3.05) is 18.0 Å². The molecule has 2 saturated heterocycles. The van der Waals surface area contributed by atoms with Crippen molar-refractivity contribution in [1.82, 2.24) is 20.6 Å². The van der Waals surface area contributed by atoms with Gasteiger partial charge in [0.25, 0.3) is 0 Å². The summed E-state index contributed by atoms with van der Waals surface area (Å²) in [5.74, 6) is 0.414. The van der Waals surface area contributed by atoms with Crippen LogP contribution in [-0.2, 0) is 18.8 Å². The third-order valence-corrected chi connectivity index (χ3v) is 6.43. The van der Waals surface area contributed by atoms with E-state index >= 15 is 0 Å². The quantitative estimate of drug-likeness (QED) is 0.620. The van der Waals surface area contributed by atoms with Crippen LogP contribution in [0.4, 0.5) is 10.7 Å². The van der Waals surface area contributed by atoms with Gasteiger partial charge in [-0.2, -0.15) is 0 Å². The van der Waals surface area contributed by atoms with E-state index in [1.165, 1.54) is 0 Å². The fourth-order valence-electron chi connectivity index (χ4n) is 3.70. The number of hydrogen-bond donors (Lipinski definition) is 2. The molecule has 1 aromatic rings. The van der Waals surface area contributed by atoms with Crippen molar-refractivity contribution in [3.05, 3.63) is 12.4 Å². The Balaban J connectivity index is 1.47. The molecule has 0 radical (unpaired) electrons. The second-order valence-corrected chi connectivity index (χ2v) is 11.0. The van der Waals surface area contributed by atoms with Crippen molar-refractivity contribution >= 4 is 30.5 Å². The molecular weight excluding hydrogens is 437 g/mol. The highest BCUT2D eigenvalue weighted by Gasteiger charge is 2.52. The number of carbonyl (C=O) groups is 2. The number of nitrogens with one attached hydrogen (secondary N) is 2. The van der Waals surface area contributed by atoms with Gasteiger partial charge >= 0.3 is 13.2 Å². The maximum atomic E-state index is 12.5. The van der Waals surface area contributed by atoms with E-state index in [0.29, 0.717) is 19.0 Å². The largest absolute Gasteiger partial charge is 0.498 e. The molecule has 0 unspecified atom stereocenters. The average molecular weight is 475 g/mol. The maximum absolute atomic E-state index is 12.5. The van der Waals surface area contributed by atoms with E-state index in [1.807, 2.05) is 27.7 Å². The normalized spacial score (nSPS) is 21.2. The Kier molecular flexibility index (Phi) is 7.47. The summed E-state index contributed by atoms with van der Waals surface area (Å²) in [6.07, 6.45) is 4.41. The van der Waals surface area contributed by atoms with Crippen LogP contribution in [0, 0.1) is 0 Å². The molecule has 34 heavy (non-hydrogen) atoms. The van der Waals surface area contributed by atoms with E-state index in [-0.39, 0.29) is 11.9 Å². The number of nitrogens with zero attached hydrogens (tertiary/aromatic N) is 3. The van der Waals surface area contributed by atoms with Gasteiger partial charge in [-0.25, -0.2) is 14.8 Å². The first-order valence-corrected chi connectivity index (χ1v) is 11.9. The third kappa shape index (κ3) is 6.38. The molecule has 0 spiro atoms. The standard InChI is InChI=1S/C23H38BN5O5/c1-15(27-20(31)32-21(2,3)4)18(30)28-17-9-11-29(12-10-17)19-25-13-16(14-26-19)24-33-22(5,6)23(7,8)34-24/h13-15,17H,9-12H2,1-8H3,(H,27,31)(H,28,30)/t15-/m1/s1. The van der Waals surface area contributed by atoms with Crippen molar-refractivity contribution in [1.29, 1.82) is 0 Å². The van der Waals surface area contributed by atoms with Gasteiger partial charge in [0.1, 0.15) is 11.6 Å². The van der Waals surface area contributed by atoms with Gasteiger partial charge in [0.05, 0.1) is 11.2 Å². The lowest BCUT2D eigenvalue weighted by atomic mass is 9.81. The fraction of sp³-hybridized carbons (Fsp3) is 0.739. The average Bonchev–Trinajstić information content (AvgIpc) is 2.94. The Morgan fingerprint density at radius 2 is 1.65 bits per heavy atom. The minimum atomic E-state index is -0.682. The van der Waals surface area contributed by atoms with Crippen molar-refractivity contribution < 1.29 is 23.6 Å². The van der Waals surface area contributed by atoms with Crippen LogP contribution >= 0.6 is 0 Å². The smallest absolute Gasteiger partial charge is 0.444 e. The molecule has 1 aromatic heterocycles. The Labute approximate surface area is 202 Å². The molecule has 2 aliphatic heterocycles. The number of carbonyl (C=O) groups excluding carboxylic acids is 2. The Morgan fingerprint density at radius 1 is 1.12 bits per heavy atom. The van der Waals surface area contributed by atoms with Crippen LogP contribution in [-0.4, -0.2) is 71.1 Å². The monoisotopic (exact) mass is 475 g/mol. The van der Waals surface area contributed by atoms with E-state index in [9.17, 15) is 9.59 Å². The number of ether oxygens (including phenoxy) is 1. The fourth-order valence-corrected chi connectivity index (χ4v) is 3.70. The molecule has 0 aliphatic carbocycles. The lowest BCUT2D eigenvalue weighted by Gasteiger charge is -2.33. The summed E-state index contributed by atoms with van der Waals surface area (Å²) in [4.78, 5) is 35.5. The molecule has 0 bridgehead atoms. The first-order valence-electron chi connectivity index (χ1n) is 11.9. The van der Waals surface area contributed by atoms with Gasteiger partial charge in [0, 0.05) is 37.0 Å². The maximum Gasteiger partial charge on any atom is 0.498 e. The highest BCUT2D eigenvalue weighted by molar-refractivity contribution is 6.61. The van der Waals surface area contributed by atoms with Gasteiger partial charge < -0.3 is 29.6 Å². The zero-order valence-electron chi connectivity index (χ0n) is 21.6. The predicted molar refractivity (Wildman–Crippen MR) is 130 cm³/mol. The van der Waals surface area contributed by atoms with Crippen molar-refractivity contribution in [3.8, 4) is 0 Å². The molecule has 2 N–H and O–H groups in total. The van der Waals surface area contributed by atoms with E-state index in [1.54, 1.807) is 40.1 Å². The minimum Gasteiger partial charge on any atom is -0.444 e. The molecule has 188 valence electrons. The lowest BCUT2D eigenvalue weighted by molar-refractivity contribution is -0.123. The van der Waals surface area contributed by atoms with Gasteiger partial charge in [-0.1, -0.05) is 0 Å². The molecule has 10 nitrogen and oxygen atoms in total. The molecule has 2 amide bonds. The predicted octanol–water partition coefficient (Wildman–Crippen LogP) is 1.77. The Bertz CT molecular complexity index is 863. The molecule has 3 rings (SSSR count). The third-order valence-electron chi connectivity index (χ3n) is 6.43. The van der Waals surface area contributed by atoms with Gasteiger partial charge in [0.2, 0.25) is 11.9 Å². The number of anilines is 1. The zero-order valence-corrected chi connectivity index (χ0v) is 21.6. The number of alkyl carbamates (subject to hydrolysis) is 1. The Hall–Kier alpha value is -2.40. The van der Waals surface area contributed by atoms with E-state index < -0.39 is 36.1 Å². The number of hydrogen-bond acceptors (Lipinski definition) is 8. The molecule has 2 aliphatic rings. The first-order chi connectivity index (χ1) is 15.7. The Morgan fingerprint density at radius 3 is 2.15 bits per heavy atom. The summed E-state index contributed by atoms with van der Waals surface area (Å²) >= 11 is 0. The van der Waals surface area contributed by atoms with Crippen LogP contribution in [0.1, 0.15) is 68.2 Å². The van der Waals surface area contributed by atoms with E-state index in [0.717, 1.165) is 18.3 Å². The summed E-state index contributed by atoms with van der Waals surface area (Å²) in [6, 6.07) is -0.658. The van der Waals surface area contributed by atoms with Crippen LogP contribution in [0.3, 0.4) is 0 Å². The van der Waals surface area contributed by atoms with Crippen LogP contribution in [0.5, 0.6) is 0 Å². The van der Waals surface area contributed by atoms with Crippen LogP contribution < -0.4 is 21.0 Å². The van der Waals surface area contributed by atoms with Gasteiger partial charge in [-0.05, 0) is 68.2 Å². The summed E-state index contributed by atoms with van der Waals surface area (Å²) in [5.41, 5.74) is -0.654. The van der Waals surface area contributed by atoms with Gasteiger partial charge in [0.15, 0.2) is 0 Å². The summed E-state index contributed by atoms with van der Waals surface area (Å²) < 4.78 is 17.3. The van der Waals surface area contributed by atoms with Crippen LogP contribution in [0.2, 0.25) is 0 Å². The second kappa shape index (κ2) is 9.69. The lowest BCUT2D eigenvalue weighted by Crippen LogP contribution is -2.51. The minimum absolute atomic E-state index is 0.0238. The summed E-state index contributed by atoms with van der Waals surface area (Å²) in [5, 5.41) is 5.59. The van der Waals surface area contributed by atoms with E-state index in [4.69, 9.17) is 14.0 Å². The van der Waals surface area contributed by atoms with Gasteiger partial charge in [-0.15, -0.1) is 0 Å². The second-order valence-electron chi connectivity index (χ2n) is 11.0. The number of rotatable bonds is 5. The number of aromatic nitrogens is 2. The van der Waals surface area contributed by atoms with Crippen molar-refractivity contribution in [2.24, 2.45) is 0 Å². The number of amides is 2. The molecule has 0 aromatic carbocycles. The molecule has 0 saturated carbocycles. The van der Waals surface area contributed by atoms with Crippen LogP contribution in [0.15, 0.2) is 12.4 Å². The van der Waals surface area contributed by atoms with Crippen molar-refractivity contribution in [3.63, 3.8) is 0 Å². The van der Waals surface area contributed by atoms with E-state index in [2.05, 4.69) is 25.5 Å².